The maximum Gasteiger partial charge on any atom is 0.457 e. The van der Waals surface area contributed by atoms with Gasteiger partial charge in [-0.25, -0.2) is 4.39 Å². The van der Waals surface area contributed by atoms with E-state index in [0.717, 1.165) is 42.4 Å². The van der Waals surface area contributed by atoms with Gasteiger partial charge in [0.15, 0.2) is 18.2 Å². The van der Waals surface area contributed by atoms with E-state index >= 15 is 4.39 Å². The number of halogens is 4. The van der Waals surface area contributed by atoms with Gasteiger partial charge in [0.05, 0.1) is 18.6 Å². The number of hydrogen-bond donors (Lipinski definition) is 0. The molecule has 6 nitrogen and oxygen atoms in total. The van der Waals surface area contributed by atoms with Crippen LogP contribution >= 0.6 is 0 Å². The first-order chi connectivity index (χ1) is 21.3. The molecule has 1 unspecified atom stereocenters. The quantitative estimate of drug-likeness (QED) is 0.225. The number of carbonyl (C=O) groups is 3. The molecule has 1 aromatic rings. The fourth-order valence-corrected chi connectivity index (χ4v) is 8.90. The topological polar surface area (TPSA) is 72.9 Å². The van der Waals surface area contributed by atoms with Crippen molar-refractivity contribution in [2.45, 2.75) is 70.6 Å². The van der Waals surface area contributed by atoms with E-state index in [1.54, 1.807) is 0 Å². The van der Waals surface area contributed by atoms with Crippen molar-refractivity contribution in [3.05, 3.63) is 52.6 Å². The lowest BCUT2D eigenvalue weighted by Crippen LogP contribution is -2.52. The molecule has 240 valence electrons. The van der Waals surface area contributed by atoms with Crippen LogP contribution in [0.4, 0.5) is 23.2 Å². The monoisotopic (exact) mass is 627 g/mol. The van der Waals surface area contributed by atoms with Gasteiger partial charge in [-0.05, 0) is 84.3 Å². The lowest BCUT2D eigenvalue weighted by atomic mass is 9.48. The molecule has 2 saturated carbocycles. The van der Waals surface area contributed by atoms with E-state index < -0.39 is 41.5 Å². The largest absolute Gasteiger partial charge is 0.458 e. The molecule has 45 heavy (non-hydrogen) atoms. The Bertz CT molecular complexity index is 1510. The Morgan fingerprint density at radius 3 is 2.51 bits per heavy atom. The van der Waals surface area contributed by atoms with E-state index in [2.05, 4.69) is 10.8 Å². The number of benzene rings is 1. The van der Waals surface area contributed by atoms with Crippen molar-refractivity contribution >= 4 is 23.2 Å². The summed E-state index contributed by atoms with van der Waals surface area (Å²) in [6, 6.07) is 8.08. The summed E-state index contributed by atoms with van der Waals surface area (Å²) >= 11 is 0. The number of ether oxygens (including phenoxy) is 2. The molecular weight excluding hydrogens is 590 g/mol. The standard InChI is InChI=1S/C35H37F4NO5/c1-21(41)45-20-31(43)34(11-12-35(37,38)39)10-9-29-27-18-30(36)26-17-24(42)7-8-25(26)32(27)28(19-33(29,34)2)22-3-5-23(6-4-22)40-13-15-44-16-14-40/h3-6,17,27-30H,7-10,13-16,18-20H2,1-2H3/t27-,28+,29-,30?,33-,34-/m0/s1. The molecule has 0 amide bonds. The van der Waals surface area contributed by atoms with E-state index in [1.165, 1.54) is 12.0 Å². The fraction of sp³-hybridized carbons (Fsp3) is 0.571. The van der Waals surface area contributed by atoms with Gasteiger partial charge in [-0.2, -0.15) is 13.2 Å². The first kappa shape index (κ1) is 31.5. The molecule has 0 aromatic heterocycles. The summed E-state index contributed by atoms with van der Waals surface area (Å²) in [5, 5.41) is 0. The lowest BCUT2D eigenvalue weighted by molar-refractivity contribution is -0.150. The summed E-state index contributed by atoms with van der Waals surface area (Å²) in [6.07, 6.45) is -3.29. The van der Waals surface area contributed by atoms with Crippen molar-refractivity contribution in [1.29, 1.82) is 0 Å². The molecule has 0 bridgehead atoms. The van der Waals surface area contributed by atoms with Gasteiger partial charge in [0.1, 0.15) is 6.17 Å². The number of fused-ring (bicyclic) bond motifs is 4. The van der Waals surface area contributed by atoms with Crippen LogP contribution in [0.1, 0.15) is 63.9 Å². The van der Waals surface area contributed by atoms with Gasteiger partial charge in [-0.15, -0.1) is 0 Å². The molecule has 0 radical (unpaired) electrons. The zero-order valence-corrected chi connectivity index (χ0v) is 25.5. The van der Waals surface area contributed by atoms with E-state index in [-0.39, 0.29) is 42.8 Å². The molecule has 0 N–H and O–H groups in total. The summed E-state index contributed by atoms with van der Waals surface area (Å²) in [5.41, 5.74) is 1.43. The normalized spacial score (nSPS) is 32.9. The number of allylic oxidation sites excluding steroid dienone is 4. The molecule has 1 aromatic carbocycles. The Morgan fingerprint density at radius 2 is 1.84 bits per heavy atom. The van der Waals surface area contributed by atoms with Gasteiger partial charge < -0.3 is 14.4 Å². The van der Waals surface area contributed by atoms with Crippen molar-refractivity contribution in [2.24, 2.45) is 22.7 Å². The second-order valence-electron chi connectivity index (χ2n) is 13.2. The summed E-state index contributed by atoms with van der Waals surface area (Å²) in [6.45, 7) is 5.05. The van der Waals surface area contributed by atoms with E-state index in [0.29, 0.717) is 38.0 Å². The van der Waals surface area contributed by atoms with Crippen LogP contribution in [-0.4, -0.2) is 62.8 Å². The van der Waals surface area contributed by atoms with Crippen molar-refractivity contribution in [2.75, 3.05) is 37.8 Å². The molecule has 1 aliphatic heterocycles. The predicted molar refractivity (Wildman–Crippen MR) is 158 cm³/mol. The number of ketones is 2. The maximum atomic E-state index is 15.9. The molecule has 6 atom stereocenters. The number of nitrogens with zero attached hydrogens (tertiary/aromatic N) is 1. The summed E-state index contributed by atoms with van der Waals surface area (Å²) in [5.74, 6) is 1.30. The third kappa shape index (κ3) is 5.62. The number of carbonyl (C=O) groups excluding carboxylic acids is 3. The number of esters is 1. The number of rotatable bonds is 5. The van der Waals surface area contributed by atoms with Crippen LogP contribution in [-0.2, 0) is 23.9 Å². The zero-order valence-electron chi connectivity index (χ0n) is 25.5. The van der Waals surface area contributed by atoms with Crippen molar-refractivity contribution in [3.63, 3.8) is 0 Å². The SMILES string of the molecule is CC(=O)OCC(=O)[C@@]1(C#CC(F)(F)F)CC[C@H]2[C@@H]3CC(F)C4=CC(=O)CCC4=C3[C@@H](c3ccc(N4CCOCC4)cc3)C[C@@]21C. The van der Waals surface area contributed by atoms with Crippen LogP contribution in [0.2, 0.25) is 0 Å². The van der Waals surface area contributed by atoms with E-state index in [1.807, 2.05) is 31.2 Å². The highest BCUT2D eigenvalue weighted by Crippen LogP contribution is 2.70. The van der Waals surface area contributed by atoms with Crippen LogP contribution in [0.3, 0.4) is 0 Å². The molecule has 1 heterocycles. The maximum absolute atomic E-state index is 15.9. The minimum absolute atomic E-state index is 0.0529. The average molecular weight is 628 g/mol. The number of morpholine rings is 1. The Hall–Kier alpha value is -3.45. The van der Waals surface area contributed by atoms with Crippen LogP contribution in [0, 0.1) is 34.5 Å². The molecular formula is C35H37F4NO5. The van der Waals surface area contributed by atoms with Gasteiger partial charge in [0.25, 0.3) is 0 Å². The molecule has 1 saturated heterocycles. The molecule has 6 rings (SSSR count). The zero-order chi connectivity index (χ0) is 32.1. The molecule has 10 heteroatoms. The second kappa shape index (κ2) is 11.7. The van der Waals surface area contributed by atoms with Gasteiger partial charge in [-0.1, -0.05) is 30.6 Å². The Kier molecular flexibility index (Phi) is 8.22. The van der Waals surface area contributed by atoms with Crippen molar-refractivity contribution < 1.29 is 41.4 Å². The van der Waals surface area contributed by atoms with Crippen molar-refractivity contribution in [1.82, 2.24) is 0 Å². The minimum atomic E-state index is -4.83. The van der Waals surface area contributed by atoms with Crippen LogP contribution < -0.4 is 4.90 Å². The first-order valence-electron chi connectivity index (χ1n) is 15.6. The second-order valence-corrected chi connectivity index (χ2v) is 13.2. The first-order valence-corrected chi connectivity index (χ1v) is 15.6. The average Bonchev–Trinajstić information content (AvgIpc) is 3.31. The van der Waals surface area contributed by atoms with Gasteiger partial charge in [-0.3, -0.25) is 14.4 Å². The smallest absolute Gasteiger partial charge is 0.457 e. The van der Waals surface area contributed by atoms with Gasteiger partial charge in [0.2, 0.25) is 0 Å². The van der Waals surface area contributed by atoms with E-state index in [4.69, 9.17) is 9.47 Å². The molecule has 3 fully saturated rings. The van der Waals surface area contributed by atoms with Crippen molar-refractivity contribution in [3.8, 4) is 11.8 Å². The van der Waals surface area contributed by atoms with E-state index in [9.17, 15) is 27.6 Å². The summed E-state index contributed by atoms with van der Waals surface area (Å²) < 4.78 is 67.2. The predicted octanol–water partition coefficient (Wildman–Crippen LogP) is 6.06. The third-order valence-electron chi connectivity index (χ3n) is 10.9. The highest BCUT2D eigenvalue weighted by atomic mass is 19.4. The van der Waals surface area contributed by atoms with Crippen LogP contribution in [0.15, 0.2) is 47.1 Å². The third-order valence-corrected chi connectivity index (χ3v) is 10.9. The Labute approximate surface area is 260 Å². The number of alkyl halides is 4. The molecule has 4 aliphatic carbocycles. The Balaban J connectivity index is 1.49. The summed E-state index contributed by atoms with van der Waals surface area (Å²) in [4.78, 5) is 40.1. The minimum Gasteiger partial charge on any atom is -0.458 e. The molecule has 0 spiro atoms. The Morgan fingerprint density at radius 1 is 1.13 bits per heavy atom. The highest BCUT2D eigenvalue weighted by molar-refractivity contribution is 5.94. The highest BCUT2D eigenvalue weighted by Gasteiger charge is 2.66. The number of Topliss-reactive ketones (excluding diaryl/α,β-unsaturated/α-hetero) is 1. The molecule has 5 aliphatic rings. The van der Waals surface area contributed by atoms with Gasteiger partial charge in [0, 0.05) is 44.0 Å². The number of hydrogen-bond acceptors (Lipinski definition) is 6. The van der Waals surface area contributed by atoms with Gasteiger partial charge >= 0.3 is 12.1 Å². The lowest BCUT2D eigenvalue weighted by Gasteiger charge is -2.55. The number of anilines is 1. The van der Waals surface area contributed by atoms with Crippen LogP contribution in [0.5, 0.6) is 0 Å². The van der Waals surface area contributed by atoms with Crippen LogP contribution in [0.25, 0.3) is 0 Å². The fourth-order valence-electron chi connectivity index (χ4n) is 8.90. The summed E-state index contributed by atoms with van der Waals surface area (Å²) in [7, 11) is 0.